The van der Waals surface area contributed by atoms with Crippen LogP contribution >= 0.6 is 0 Å². The molecule has 3 N–H and O–H groups in total. The van der Waals surface area contributed by atoms with E-state index >= 15 is 0 Å². The number of alkyl carbamates (subject to hydrolysis) is 1. The third kappa shape index (κ3) is 4.35. The first-order chi connectivity index (χ1) is 13.6. The summed E-state index contributed by atoms with van der Waals surface area (Å²) in [6.07, 6.45) is 5.31. The van der Waals surface area contributed by atoms with E-state index in [0.717, 1.165) is 31.2 Å². The van der Waals surface area contributed by atoms with Crippen molar-refractivity contribution in [3.05, 3.63) is 35.9 Å². The lowest BCUT2D eigenvalue weighted by Crippen LogP contribution is -2.66. The number of nitrogens with two attached hydrogens (primary N) is 1. The number of Topliss-reactive ketones (excluding diaryl/α,β-unsaturated/α-hetero) is 1. The summed E-state index contributed by atoms with van der Waals surface area (Å²) in [5.74, 6) is 1.63. The highest BCUT2D eigenvalue weighted by atomic mass is 16.6. The SMILES string of the molecule is CC(C)(C)OC(=O)N[C@@H](Cc1ccccc1)C(=O)C1C2CC3CC(C2)CC1(N)C3. The fraction of sp³-hybridized carbons (Fsp3) is 0.667. The normalized spacial score (nSPS) is 33.9. The molecule has 4 aliphatic carbocycles. The Balaban J connectivity index is 1.56. The molecule has 4 bridgehead atoms. The lowest BCUT2D eigenvalue weighted by atomic mass is 9.47. The number of carbonyl (C=O) groups excluding carboxylic acids is 2. The second-order valence-corrected chi connectivity index (χ2v) is 10.6. The maximum atomic E-state index is 13.8. The monoisotopic (exact) mass is 398 g/mol. The van der Waals surface area contributed by atoms with Gasteiger partial charge in [0.05, 0.1) is 6.04 Å². The average Bonchev–Trinajstić information content (AvgIpc) is 2.58. The molecule has 0 heterocycles. The van der Waals surface area contributed by atoms with Crippen LogP contribution in [0.2, 0.25) is 0 Å². The Kier molecular flexibility index (Phi) is 5.22. The van der Waals surface area contributed by atoms with Crippen molar-refractivity contribution in [2.24, 2.45) is 29.4 Å². The van der Waals surface area contributed by atoms with Gasteiger partial charge in [0, 0.05) is 11.5 Å². The molecule has 0 radical (unpaired) electrons. The smallest absolute Gasteiger partial charge is 0.408 e. The van der Waals surface area contributed by atoms with E-state index in [1.165, 1.54) is 6.42 Å². The summed E-state index contributed by atoms with van der Waals surface area (Å²) in [5, 5.41) is 2.88. The Morgan fingerprint density at radius 1 is 1.14 bits per heavy atom. The third-order valence-corrected chi connectivity index (χ3v) is 6.99. The van der Waals surface area contributed by atoms with Gasteiger partial charge in [0.2, 0.25) is 0 Å². The van der Waals surface area contributed by atoms with Gasteiger partial charge in [-0.1, -0.05) is 30.3 Å². The van der Waals surface area contributed by atoms with E-state index in [2.05, 4.69) is 5.32 Å². The highest BCUT2D eigenvalue weighted by Gasteiger charge is 2.58. The first-order valence-electron chi connectivity index (χ1n) is 11.0. The maximum absolute atomic E-state index is 13.8. The fourth-order valence-electron chi connectivity index (χ4n) is 6.36. The van der Waals surface area contributed by atoms with Gasteiger partial charge in [0.15, 0.2) is 5.78 Å². The van der Waals surface area contributed by atoms with Gasteiger partial charge in [-0.25, -0.2) is 4.79 Å². The van der Waals surface area contributed by atoms with Gasteiger partial charge in [0.1, 0.15) is 5.60 Å². The lowest BCUT2D eigenvalue weighted by molar-refractivity contribution is -0.140. The van der Waals surface area contributed by atoms with E-state index in [4.69, 9.17) is 10.5 Å². The molecule has 5 nitrogen and oxygen atoms in total. The van der Waals surface area contributed by atoms with Crippen molar-refractivity contribution in [3.8, 4) is 0 Å². The van der Waals surface area contributed by atoms with E-state index in [1.54, 1.807) is 0 Å². The molecular weight excluding hydrogens is 364 g/mol. The molecule has 0 saturated heterocycles. The summed E-state index contributed by atoms with van der Waals surface area (Å²) in [6.45, 7) is 5.48. The van der Waals surface area contributed by atoms with Gasteiger partial charge in [0.25, 0.3) is 0 Å². The summed E-state index contributed by atoms with van der Waals surface area (Å²) in [7, 11) is 0. The lowest BCUT2D eigenvalue weighted by Gasteiger charge is -2.59. The Labute approximate surface area is 173 Å². The quantitative estimate of drug-likeness (QED) is 0.789. The largest absolute Gasteiger partial charge is 0.444 e. The molecule has 0 spiro atoms. The molecule has 4 saturated carbocycles. The molecule has 0 aliphatic heterocycles. The summed E-state index contributed by atoms with van der Waals surface area (Å²) in [6, 6.07) is 9.23. The van der Waals surface area contributed by atoms with Gasteiger partial charge >= 0.3 is 6.09 Å². The molecule has 1 aromatic carbocycles. The van der Waals surface area contributed by atoms with Gasteiger partial charge in [-0.2, -0.15) is 0 Å². The Morgan fingerprint density at radius 2 is 1.76 bits per heavy atom. The van der Waals surface area contributed by atoms with Crippen LogP contribution in [0.1, 0.15) is 58.4 Å². The van der Waals surface area contributed by atoms with Crippen LogP contribution < -0.4 is 11.1 Å². The summed E-state index contributed by atoms with van der Waals surface area (Å²) in [4.78, 5) is 26.3. The van der Waals surface area contributed by atoms with Gasteiger partial charge in [-0.15, -0.1) is 0 Å². The van der Waals surface area contributed by atoms with E-state index < -0.39 is 23.3 Å². The Morgan fingerprint density at radius 3 is 2.31 bits per heavy atom. The van der Waals surface area contributed by atoms with Crippen molar-refractivity contribution in [1.29, 1.82) is 0 Å². The fourth-order valence-corrected chi connectivity index (χ4v) is 6.36. The average molecular weight is 399 g/mol. The van der Waals surface area contributed by atoms with Crippen molar-refractivity contribution in [2.45, 2.75) is 76.5 Å². The number of hydrogen-bond acceptors (Lipinski definition) is 4. The van der Waals surface area contributed by atoms with E-state index in [1.807, 2.05) is 51.1 Å². The number of benzene rings is 1. The Bertz CT molecular complexity index is 756. The molecule has 4 atom stereocenters. The van der Waals surface area contributed by atoms with Gasteiger partial charge < -0.3 is 15.8 Å². The number of amides is 1. The Hall–Kier alpha value is -1.88. The van der Waals surface area contributed by atoms with E-state index in [9.17, 15) is 9.59 Å². The molecule has 158 valence electrons. The van der Waals surface area contributed by atoms with Gasteiger partial charge in [-0.3, -0.25) is 4.79 Å². The van der Waals surface area contributed by atoms with Crippen LogP contribution in [0.3, 0.4) is 0 Å². The molecule has 5 heteroatoms. The maximum Gasteiger partial charge on any atom is 0.408 e. The van der Waals surface area contributed by atoms with Crippen LogP contribution in [0.4, 0.5) is 4.79 Å². The van der Waals surface area contributed by atoms with Crippen LogP contribution in [0.5, 0.6) is 0 Å². The minimum absolute atomic E-state index is 0.0889. The highest BCUT2D eigenvalue weighted by molar-refractivity contribution is 5.91. The van der Waals surface area contributed by atoms with Crippen molar-refractivity contribution in [2.75, 3.05) is 0 Å². The zero-order valence-electron chi connectivity index (χ0n) is 17.8. The van der Waals surface area contributed by atoms with Crippen LogP contribution in [0, 0.1) is 23.7 Å². The second-order valence-electron chi connectivity index (χ2n) is 10.6. The predicted molar refractivity (Wildman–Crippen MR) is 112 cm³/mol. The molecule has 1 amide bonds. The minimum atomic E-state index is -0.616. The van der Waals surface area contributed by atoms with Gasteiger partial charge in [-0.05, 0) is 82.6 Å². The van der Waals surface area contributed by atoms with Crippen LogP contribution in [0.25, 0.3) is 0 Å². The molecule has 29 heavy (non-hydrogen) atoms. The van der Waals surface area contributed by atoms with Crippen LogP contribution in [0.15, 0.2) is 30.3 Å². The number of ketones is 1. The zero-order valence-corrected chi connectivity index (χ0v) is 17.8. The predicted octanol–water partition coefficient (Wildman–Crippen LogP) is 3.85. The number of hydrogen-bond donors (Lipinski definition) is 2. The molecule has 4 fully saturated rings. The van der Waals surface area contributed by atoms with Crippen molar-refractivity contribution >= 4 is 11.9 Å². The van der Waals surface area contributed by atoms with Crippen molar-refractivity contribution in [1.82, 2.24) is 5.32 Å². The number of nitrogens with one attached hydrogen (secondary N) is 1. The highest BCUT2D eigenvalue weighted by Crippen LogP contribution is 2.57. The summed E-state index contributed by atoms with van der Waals surface area (Å²) in [5.41, 5.74) is 6.87. The second kappa shape index (κ2) is 7.42. The number of ether oxygens (including phenoxy) is 1. The van der Waals surface area contributed by atoms with Crippen molar-refractivity contribution in [3.63, 3.8) is 0 Å². The molecule has 1 aromatic rings. The molecular formula is C24H34N2O3. The third-order valence-electron chi connectivity index (χ3n) is 6.99. The molecule has 5 rings (SSSR count). The minimum Gasteiger partial charge on any atom is -0.444 e. The van der Waals surface area contributed by atoms with Crippen LogP contribution in [-0.4, -0.2) is 29.1 Å². The van der Waals surface area contributed by atoms with Crippen molar-refractivity contribution < 1.29 is 14.3 Å². The standard InChI is InChI=1S/C24H34N2O3/c1-23(2,3)29-22(28)26-19(12-15-7-5-4-6-8-15)21(27)20-18-10-16-9-17(11-18)14-24(20,25)13-16/h4-8,16-20H,9-14,25H2,1-3H3,(H,26,28)/t16?,17?,18?,19-,20?,24?/m0/s1. The number of carbonyl (C=O) groups is 2. The topological polar surface area (TPSA) is 81.4 Å². The van der Waals surface area contributed by atoms with Crippen LogP contribution in [-0.2, 0) is 16.0 Å². The first-order valence-corrected chi connectivity index (χ1v) is 11.0. The number of rotatable bonds is 5. The molecule has 3 unspecified atom stereocenters. The van der Waals surface area contributed by atoms with E-state index in [-0.39, 0.29) is 11.7 Å². The zero-order chi connectivity index (χ0) is 20.8. The summed E-state index contributed by atoms with van der Waals surface area (Å²) >= 11 is 0. The molecule has 0 aromatic heterocycles. The summed E-state index contributed by atoms with van der Waals surface area (Å²) < 4.78 is 5.45. The van der Waals surface area contributed by atoms with E-state index in [0.29, 0.717) is 24.2 Å². The first kappa shape index (κ1) is 20.4. The molecule has 4 aliphatic rings.